The van der Waals surface area contributed by atoms with E-state index in [2.05, 4.69) is 0 Å². The number of fused-ring (bicyclic) bond motifs is 1. The van der Waals surface area contributed by atoms with Gasteiger partial charge in [-0.2, -0.15) is 0 Å². The number of amidine groups is 1. The third-order valence-corrected chi connectivity index (χ3v) is 7.92. The van der Waals surface area contributed by atoms with E-state index in [0.29, 0.717) is 40.6 Å². The maximum absolute atomic E-state index is 13.4. The van der Waals surface area contributed by atoms with Crippen molar-refractivity contribution in [2.24, 2.45) is 29.4 Å². The van der Waals surface area contributed by atoms with Gasteiger partial charge in [0, 0.05) is 18.0 Å². The molecule has 1 aliphatic carbocycles. The lowest BCUT2D eigenvalue weighted by Gasteiger charge is -2.31. The van der Waals surface area contributed by atoms with Crippen molar-refractivity contribution in [2.45, 2.75) is 26.2 Å². The smallest absolute Gasteiger partial charge is 0.233 e. The highest BCUT2D eigenvalue weighted by molar-refractivity contribution is 7.18. The maximum Gasteiger partial charge on any atom is 0.233 e. The number of hydrogen-bond donors (Lipinski definition) is 2. The van der Waals surface area contributed by atoms with Crippen LogP contribution in [0.3, 0.4) is 0 Å². The number of Topliss-reactive ketones (excluding diaryl/α,β-unsaturated/α-hetero) is 1. The van der Waals surface area contributed by atoms with Gasteiger partial charge in [0.1, 0.15) is 5.84 Å². The predicted octanol–water partition coefficient (Wildman–Crippen LogP) is 4.31. The first kappa shape index (κ1) is 23.4. The van der Waals surface area contributed by atoms with Gasteiger partial charge in [0.05, 0.1) is 21.0 Å². The molecule has 1 aliphatic heterocycles. The van der Waals surface area contributed by atoms with E-state index in [0.717, 1.165) is 5.56 Å². The van der Waals surface area contributed by atoms with Crippen LogP contribution in [0.2, 0.25) is 4.34 Å². The average molecular weight is 484 g/mol. The lowest BCUT2D eigenvalue weighted by atomic mass is 9.69. The standard InChI is InChI=1S/C25H26ClN3O3S/c1-2-16(22(30)19-10-11-20(26)33-19)17-4-3-5-18-21(17)25(32)29(24(18)31)13-12-14-6-8-15(9-7-14)23(27)28/h3-4,6-11,16-18,21H,2,5,12-13H2,1H3,(H3,27,28)/t16-,17?,18?,21?/m1/s1. The van der Waals surface area contributed by atoms with Crippen LogP contribution in [-0.4, -0.2) is 34.9 Å². The topological polar surface area (TPSA) is 104 Å². The molecule has 1 saturated heterocycles. The molecule has 4 rings (SSSR count). The molecular weight excluding hydrogens is 458 g/mol. The van der Waals surface area contributed by atoms with E-state index in [1.165, 1.54) is 16.2 Å². The normalized spacial score (nSPS) is 23.0. The van der Waals surface area contributed by atoms with Gasteiger partial charge in [0.2, 0.25) is 11.8 Å². The van der Waals surface area contributed by atoms with Gasteiger partial charge in [-0.1, -0.05) is 54.9 Å². The summed E-state index contributed by atoms with van der Waals surface area (Å²) < 4.78 is 0.555. The predicted molar refractivity (Wildman–Crippen MR) is 130 cm³/mol. The van der Waals surface area contributed by atoms with E-state index in [4.69, 9.17) is 22.7 Å². The maximum atomic E-state index is 13.4. The summed E-state index contributed by atoms with van der Waals surface area (Å²) in [6.07, 6.45) is 5.52. The number of allylic oxidation sites excluding steroid dienone is 2. The lowest BCUT2D eigenvalue weighted by Crippen LogP contribution is -2.37. The first-order valence-corrected chi connectivity index (χ1v) is 12.3. The highest BCUT2D eigenvalue weighted by Crippen LogP contribution is 2.44. The molecule has 8 heteroatoms. The first-order chi connectivity index (χ1) is 15.8. The van der Waals surface area contributed by atoms with Crippen molar-refractivity contribution in [1.29, 1.82) is 5.41 Å². The summed E-state index contributed by atoms with van der Waals surface area (Å²) in [6.45, 7) is 2.24. The number of carbonyl (C=O) groups is 3. The number of ketones is 1. The van der Waals surface area contributed by atoms with Gasteiger partial charge < -0.3 is 5.73 Å². The number of nitrogens with two attached hydrogens (primary N) is 1. The minimum absolute atomic E-state index is 0.00101. The second-order valence-electron chi connectivity index (χ2n) is 8.54. The fraction of sp³-hybridized carbons (Fsp3) is 0.360. The Kier molecular flexibility index (Phi) is 6.81. The van der Waals surface area contributed by atoms with Crippen LogP contribution in [0, 0.1) is 29.1 Å². The van der Waals surface area contributed by atoms with Gasteiger partial charge in [0.25, 0.3) is 0 Å². The zero-order valence-electron chi connectivity index (χ0n) is 18.3. The summed E-state index contributed by atoms with van der Waals surface area (Å²) >= 11 is 7.28. The number of hydrogen-bond acceptors (Lipinski definition) is 5. The third-order valence-electron chi connectivity index (χ3n) is 6.68. The number of thiophene rings is 1. The van der Waals surface area contributed by atoms with Crippen LogP contribution in [0.1, 0.15) is 40.6 Å². The highest BCUT2D eigenvalue weighted by Gasteiger charge is 2.53. The largest absolute Gasteiger partial charge is 0.384 e. The molecule has 3 N–H and O–H groups in total. The minimum Gasteiger partial charge on any atom is -0.384 e. The fourth-order valence-electron chi connectivity index (χ4n) is 4.96. The number of imide groups is 1. The molecule has 2 aromatic rings. The average Bonchev–Trinajstić information content (AvgIpc) is 3.35. The van der Waals surface area contributed by atoms with Crippen molar-refractivity contribution in [3.05, 3.63) is 68.9 Å². The van der Waals surface area contributed by atoms with Gasteiger partial charge >= 0.3 is 0 Å². The molecule has 0 spiro atoms. The molecule has 1 fully saturated rings. The first-order valence-electron chi connectivity index (χ1n) is 11.1. The van der Waals surface area contributed by atoms with Crippen molar-refractivity contribution in [1.82, 2.24) is 4.90 Å². The number of nitrogens with zero attached hydrogens (tertiary/aromatic N) is 1. The molecule has 33 heavy (non-hydrogen) atoms. The second kappa shape index (κ2) is 9.61. The number of rotatable bonds is 8. The van der Waals surface area contributed by atoms with Crippen molar-refractivity contribution in [3.63, 3.8) is 0 Å². The Hall–Kier alpha value is -2.77. The second-order valence-corrected chi connectivity index (χ2v) is 10.3. The van der Waals surface area contributed by atoms with E-state index >= 15 is 0 Å². The molecule has 1 aromatic carbocycles. The summed E-state index contributed by atoms with van der Waals surface area (Å²) in [4.78, 5) is 41.7. The number of carbonyl (C=O) groups excluding carboxylic acids is 3. The quantitative estimate of drug-likeness (QED) is 0.192. The number of amides is 2. The van der Waals surface area contributed by atoms with E-state index in [1.807, 2.05) is 31.2 Å². The summed E-state index contributed by atoms with van der Waals surface area (Å²) in [5.41, 5.74) is 7.09. The van der Waals surface area contributed by atoms with Crippen LogP contribution in [0.4, 0.5) is 0 Å². The molecule has 172 valence electrons. The Labute approximate surface area is 201 Å². The Morgan fingerprint density at radius 3 is 2.55 bits per heavy atom. The van der Waals surface area contributed by atoms with Gasteiger partial charge in [-0.05, 0) is 42.9 Å². The zero-order valence-corrected chi connectivity index (χ0v) is 19.9. The fourth-order valence-corrected chi connectivity index (χ4v) is 6.00. The Morgan fingerprint density at radius 1 is 1.21 bits per heavy atom. The van der Waals surface area contributed by atoms with Crippen LogP contribution in [-0.2, 0) is 16.0 Å². The molecule has 2 aliphatic rings. The van der Waals surface area contributed by atoms with E-state index in [9.17, 15) is 14.4 Å². The highest BCUT2D eigenvalue weighted by atomic mass is 35.5. The van der Waals surface area contributed by atoms with Gasteiger partial charge in [0.15, 0.2) is 5.78 Å². The molecule has 2 amide bonds. The SMILES string of the molecule is CC[C@@H](C(=O)c1ccc(Cl)s1)C1C=CCC2C(=O)N(CCc3ccc(C(=N)N)cc3)C(=O)C21. The molecule has 1 aromatic heterocycles. The lowest BCUT2D eigenvalue weighted by molar-refractivity contribution is -0.140. The number of likely N-dealkylation sites (tertiary alicyclic amines) is 1. The molecule has 4 atom stereocenters. The number of benzene rings is 1. The van der Waals surface area contributed by atoms with E-state index in [1.54, 1.807) is 24.3 Å². The molecular formula is C25H26ClN3O3S. The van der Waals surface area contributed by atoms with Crippen molar-refractivity contribution >= 4 is 46.4 Å². The number of nitrogen functional groups attached to an aromatic ring is 1. The molecule has 0 saturated carbocycles. The molecule has 3 unspecified atom stereocenters. The van der Waals surface area contributed by atoms with Gasteiger partial charge in [-0.25, -0.2) is 0 Å². The number of halogens is 1. The van der Waals surface area contributed by atoms with Crippen LogP contribution in [0.25, 0.3) is 0 Å². The molecule has 0 bridgehead atoms. The van der Waals surface area contributed by atoms with Crippen LogP contribution in [0.15, 0.2) is 48.6 Å². The van der Waals surface area contributed by atoms with E-state index < -0.39 is 11.8 Å². The van der Waals surface area contributed by atoms with Crippen LogP contribution in [0.5, 0.6) is 0 Å². The summed E-state index contributed by atoms with van der Waals surface area (Å²) in [5, 5.41) is 7.49. The third kappa shape index (κ3) is 4.52. The van der Waals surface area contributed by atoms with Gasteiger partial charge in [-0.15, -0.1) is 11.3 Å². The minimum atomic E-state index is -0.507. The Morgan fingerprint density at radius 2 is 1.94 bits per heavy atom. The summed E-state index contributed by atoms with van der Waals surface area (Å²) in [5.74, 6) is -1.96. The molecule has 2 heterocycles. The van der Waals surface area contributed by atoms with Gasteiger partial charge in [-0.3, -0.25) is 24.7 Å². The van der Waals surface area contributed by atoms with Crippen molar-refractivity contribution in [3.8, 4) is 0 Å². The van der Waals surface area contributed by atoms with Crippen molar-refractivity contribution in [2.75, 3.05) is 6.54 Å². The van der Waals surface area contributed by atoms with E-state index in [-0.39, 0.29) is 35.3 Å². The summed E-state index contributed by atoms with van der Waals surface area (Å²) in [6, 6.07) is 10.7. The monoisotopic (exact) mass is 483 g/mol. The number of nitrogens with one attached hydrogen (secondary N) is 1. The Balaban J connectivity index is 1.51. The van der Waals surface area contributed by atoms with Crippen LogP contribution < -0.4 is 5.73 Å². The zero-order chi connectivity index (χ0) is 23.7. The molecule has 0 radical (unpaired) electrons. The van der Waals surface area contributed by atoms with Crippen molar-refractivity contribution < 1.29 is 14.4 Å². The molecule has 6 nitrogen and oxygen atoms in total. The Bertz CT molecular complexity index is 1120. The summed E-state index contributed by atoms with van der Waals surface area (Å²) in [7, 11) is 0. The van der Waals surface area contributed by atoms with Crippen LogP contribution >= 0.6 is 22.9 Å².